The summed E-state index contributed by atoms with van der Waals surface area (Å²) in [7, 11) is 0. The van der Waals surface area contributed by atoms with Gasteiger partial charge in [0.25, 0.3) is 0 Å². The van der Waals surface area contributed by atoms with E-state index in [9.17, 15) is 0 Å². The van der Waals surface area contributed by atoms with Gasteiger partial charge in [-0.15, -0.1) is 0 Å². The van der Waals surface area contributed by atoms with Gasteiger partial charge in [0.1, 0.15) is 0 Å². The van der Waals surface area contributed by atoms with Crippen molar-refractivity contribution < 1.29 is 22.7 Å². The Labute approximate surface area is 78.2 Å². The molecule has 0 atom stereocenters. The summed E-state index contributed by atoms with van der Waals surface area (Å²) >= 11 is 0. The van der Waals surface area contributed by atoms with Crippen LogP contribution in [0.2, 0.25) is 0 Å². The molecule has 0 fully saturated rings. The Morgan fingerprint density at radius 1 is 1.12 bits per heavy atom. The summed E-state index contributed by atoms with van der Waals surface area (Å²) < 4.78 is 0. The minimum Gasteiger partial charge on any atom is -1.00 e. The Morgan fingerprint density at radius 3 is 1.25 bits per heavy atom. The number of carboxylic acid groups (broad SMARTS) is 2. The molecule has 0 saturated carbocycles. The molecule has 0 heterocycles. The summed E-state index contributed by atoms with van der Waals surface area (Å²) in [5, 5.41) is 14.8. The minimum atomic E-state index is -1.82. The van der Waals surface area contributed by atoms with Crippen LogP contribution in [0.15, 0.2) is 0 Å². The van der Waals surface area contributed by atoms with Crippen LogP contribution in [-0.2, 0) is 9.59 Å². The van der Waals surface area contributed by atoms with Crippen molar-refractivity contribution in [3.63, 3.8) is 0 Å². The molecule has 0 saturated heterocycles. The average molecular weight is 149 g/mol. The molecule has 0 spiro atoms. The maximum atomic E-state index is 9.10. The van der Waals surface area contributed by atoms with Crippen molar-refractivity contribution in [2.24, 2.45) is 0 Å². The predicted molar refractivity (Wildman–Crippen MR) is 28.3 cm³/mol. The van der Waals surface area contributed by atoms with Gasteiger partial charge in [-0.1, -0.05) is 0 Å². The molecule has 0 unspecified atom stereocenters. The van der Waals surface area contributed by atoms with Crippen LogP contribution in [0.5, 0.6) is 0 Å². The maximum Gasteiger partial charge on any atom is 2.00 e. The fourth-order valence-corrected chi connectivity index (χ4v) is 0. The van der Waals surface area contributed by atoms with Crippen LogP contribution >= 0.6 is 0 Å². The molecule has 5 N–H and O–H groups in total. The van der Waals surface area contributed by atoms with E-state index in [-0.39, 0.29) is 46.7 Å². The fraction of sp³-hybridized carbons (Fsp3) is 0. The fourth-order valence-electron chi connectivity index (χ4n) is 0. The summed E-state index contributed by atoms with van der Waals surface area (Å²) in [6, 6.07) is 0. The van der Waals surface area contributed by atoms with Crippen molar-refractivity contribution in [1.82, 2.24) is 6.15 Å². The minimum absolute atomic E-state index is 0. The van der Waals surface area contributed by atoms with Gasteiger partial charge in [-0.3, -0.25) is 0 Å². The molecule has 0 aliphatic heterocycles. The number of hydrogen-bond donors (Lipinski definition) is 3. The van der Waals surface area contributed by atoms with E-state index in [1.54, 1.807) is 0 Å². The zero-order valence-corrected chi connectivity index (χ0v) is 6.33. The van der Waals surface area contributed by atoms with Crippen LogP contribution in [0.1, 0.15) is 2.85 Å². The Kier molecular flexibility index (Phi) is 14.1. The van der Waals surface area contributed by atoms with E-state index in [2.05, 4.69) is 0 Å². The second-order valence-corrected chi connectivity index (χ2v) is 0.610. The Morgan fingerprint density at radius 2 is 1.25 bits per heavy atom. The smallest absolute Gasteiger partial charge is 1.00 e. The molecule has 5 nitrogen and oxygen atoms in total. The van der Waals surface area contributed by atoms with Gasteiger partial charge in [-0.05, 0) is 0 Å². The second kappa shape index (κ2) is 7.16. The van der Waals surface area contributed by atoms with Crippen molar-refractivity contribution in [2.45, 2.75) is 0 Å². The van der Waals surface area contributed by atoms with Gasteiger partial charge in [-0.25, -0.2) is 9.59 Å². The van der Waals surface area contributed by atoms with E-state index < -0.39 is 11.9 Å². The van der Waals surface area contributed by atoms with E-state index in [0.29, 0.717) is 0 Å². The summed E-state index contributed by atoms with van der Waals surface area (Å²) in [4.78, 5) is 18.2. The number of hydrogen-bond acceptors (Lipinski definition) is 3. The van der Waals surface area contributed by atoms with Gasteiger partial charge in [-0.2, -0.15) is 0 Å². The SMILES string of the molecule is N.O=C(O)C(=O)O.[Ca+2].[H-].[H-]. The molecule has 6 heteroatoms. The van der Waals surface area contributed by atoms with Crippen molar-refractivity contribution in [3.8, 4) is 0 Å². The molecule has 0 bridgehead atoms. The molecule has 46 valence electrons. The molecule has 0 amide bonds. The summed E-state index contributed by atoms with van der Waals surface area (Å²) in [6.45, 7) is 0. The standard InChI is InChI=1S/C2H2O4.Ca.H3N.2H/c3-1(4)2(5)6;;;;/h(H,3,4)(H,5,6);;1H3;;/q;+2;;2*-1. The second-order valence-electron chi connectivity index (χ2n) is 0.610. The van der Waals surface area contributed by atoms with Crippen molar-refractivity contribution in [2.75, 3.05) is 0 Å². The van der Waals surface area contributed by atoms with Crippen molar-refractivity contribution in [3.05, 3.63) is 0 Å². The molecule has 0 radical (unpaired) electrons. The molecule has 0 rings (SSSR count). The number of rotatable bonds is 0. The van der Waals surface area contributed by atoms with Crippen molar-refractivity contribution in [1.29, 1.82) is 0 Å². The van der Waals surface area contributed by atoms with Gasteiger partial charge >= 0.3 is 49.7 Å². The van der Waals surface area contributed by atoms with Gasteiger partial charge in [0.2, 0.25) is 0 Å². The molecule has 0 aliphatic carbocycles. The first kappa shape index (κ1) is 15.7. The monoisotopic (exact) mass is 149 g/mol. The van der Waals surface area contributed by atoms with Crippen LogP contribution in [0.3, 0.4) is 0 Å². The third kappa shape index (κ3) is 9.48. The zero-order chi connectivity index (χ0) is 5.15. The normalized spacial score (nSPS) is 5.50. The first-order chi connectivity index (χ1) is 2.64. The predicted octanol–water partition coefficient (Wildman–Crippen LogP) is -0.838. The number of carboxylic acids is 2. The first-order valence-electron chi connectivity index (χ1n) is 1.11. The summed E-state index contributed by atoms with van der Waals surface area (Å²) in [5.41, 5.74) is 0. The third-order valence-corrected chi connectivity index (χ3v) is 0.183. The topological polar surface area (TPSA) is 110 Å². The first-order valence-corrected chi connectivity index (χ1v) is 1.11. The zero-order valence-electron chi connectivity index (χ0n) is 6.13. The Balaban J connectivity index is -0.0000000208. The van der Waals surface area contributed by atoms with Crippen LogP contribution in [0, 0.1) is 0 Å². The third-order valence-electron chi connectivity index (χ3n) is 0.183. The Hall–Kier alpha value is 0.160. The van der Waals surface area contributed by atoms with E-state index in [4.69, 9.17) is 19.8 Å². The van der Waals surface area contributed by atoms with Gasteiger partial charge < -0.3 is 19.2 Å². The molecule has 0 aromatic carbocycles. The van der Waals surface area contributed by atoms with Crippen molar-refractivity contribution >= 4 is 49.7 Å². The Bertz CT molecular complexity index is 87.3. The largest absolute Gasteiger partial charge is 2.00 e. The number of carbonyl (C=O) groups is 2. The number of aliphatic carboxylic acids is 2. The molecule has 0 aliphatic rings. The molecular formula is C2H7CaNO4. The van der Waals surface area contributed by atoms with E-state index in [1.165, 1.54) is 0 Å². The molecule has 0 aromatic heterocycles. The van der Waals surface area contributed by atoms with E-state index >= 15 is 0 Å². The van der Waals surface area contributed by atoms with E-state index in [1.807, 2.05) is 0 Å². The van der Waals surface area contributed by atoms with Crippen LogP contribution in [0.4, 0.5) is 0 Å². The van der Waals surface area contributed by atoms with Gasteiger partial charge in [0.15, 0.2) is 0 Å². The quantitative estimate of drug-likeness (QED) is 0.307. The summed E-state index contributed by atoms with van der Waals surface area (Å²) in [5.74, 6) is -3.65. The van der Waals surface area contributed by atoms with Crippen LogP contribution in [-0.4, -0.2) is 59.9 Å². The van der Waals surface area contributed by atoms with Crippen LogP contribution < -0.4 is 6.15 Å². The van der Waals surface area contributed by atoms with E-state index in [0.717, 1.165) is 0 Å². The van der Waals surface area contributed by atoms with Gasteiger partial charge in [0.05, 0.1) is 0 Å². The van der Waals surface area contributed by atoms with Gasteiger partial charge in [0, 0.05) is 0 Å². The summed E-state index contributed by atoms with van der Waals surface area (Å²) in [6.07, 6.45) is 0. The maximum absolute atomic E-state index is 9.10. The van der Waals surface area contributed by atoms with Crippen LogP contribution in [0.25, 0.3) is 0 Å². The molecular weight excluding hydrogens is 142 g/mol. The average Bonchev–Trinajstić information content (AvgIpc) is 1.36. The molecule has 8 heavy (non-hydrogen) atoms. The molecule has 0 aromatic rings.